The number of methoxy groups -OCH3 is 2. The Bertz CT molecular complexity index is 417. The Morgan fingerprint density at radius 2 is 1.68 bits per heavy atom. The van der Waals surface area contributed by atoms with Crippen molar-refractivity contribution in [3.8, 4) is 12.0 Å². The second-order valence-corrected chi connectivity index (χ2v) is 4.95. The molecule has 1 unspecified atom stereocenters. The number of aliphatic hydroxyl groups is 1. The molecule has 1 aromatic heterocycles. The van der Waals surface area contributed by atoms with E-state index in [9.17, 15) is 5.11 Å². The Balaban J connectivity index is 2.21. The van der Waals surface area contributed by atoms with Gasteiger partial charge >= 0.3 is 12.0 Å². The van der Waals surface area contributed by atoms with Crippen LogP contribution in [-0.4, -0.2) is 53.0 Å². The summed E-state index contributed by atoms with van der Waals surface area (Å²) in [5, 5.41) is 10.1. The van der Waals surface area contributed by atoms with E-state index in [1.807, 2.05) is 11.8 Å². The molecule has 1 saturated heterocycles. The molecule has 7 nitrogen and oxygen atoms in total. The largest absolute Gasteiger partial charge is 0.467 e. The van der Waals surface area contributed by atoms with Gasteiger partial charge in [-0.15, -0.1) is 4.98 Å². The monoisotopic (exact) mass is 268 g/mol. The molecule has 19 heavy (non-hydrogen) atoms. The number of hydrogen-bond acceptors (Lipinski definition) is 7. The van der Waals surface area contributed by atoms with Crippen LogP contribution in [0.25, 0.3) is 0 Å². The Morgan fingerprint density at radius 1 is 1.05 bits per heavy atom. The van der Waals surface area contributed by atoms with Crippen LogP contribution < -0.4 is 14.4 Å². The Hall–Kier alpha value is -1.63. The summed E-state index contributed by atoms with van der Waals surface area (Å²) in [5.41, 5.74) is -0.615. The fourth-order valence-electron chi connectivity index (χ4n) is 2.12. The summed E-state index contributed by atoms with van der Waals surface area (Å²) in [5.74, 6) is 0.529. The van der Waals surface area contributed by atoms with Crippen LogP contribution in [0.1, 0.15) is 26.2 Å². The zero-order valence-corrected chi connectivity index (χ0v) is 11.6. The molecule has 0 bridgehead atoms. The van der Waals surface area contributed by atoms with E-state index in [2.05, 4.69) is 15.0 Å². The summed E-state index contributed by atoms with van der Waals surface area (Å²) in [6.45, 7) is 3.36. The maximum absolute atomic E-state index is 10.1. The lowest BCUT2D eigenvalue weighted by Gasteiger charge is -2.22. The molecule has 0 radical (unpaired) electrons. The van der Waals surface area contributed by atoms with E-state index in [0.717, 1.165) is 19.4 Å². The van der Waals surface area contributed by atoms with Gasteiger partial charge in [0.1, 0.15) is 0 Å². The molecule has 0 saturated carbocycles. The number of rotatable bonds is 3. The third-order valence-electron chi connectivity index (χ3n) is 3.29. The highest BCUT2D eigenvalue weighted by Gasteiger charge is 2.26. The van der Waals surface area contributed by atoms with E-state index in [4.69, 9.17) is 9.47 Å². The van der Waals surface area contributed by atoms with Crippen LogP contribution in [0.2, 0.25) is 0 Å². The van der Waals surface area contributed by atoms with Crippen molar-refractivity contribution in [2.24, 2.45) is 0 Å². The van der Waals surface area contributed by atoms with Crippen molar-refractivity contribution in [1.29, 1.82) is 0 Å². The van der Waals surface area contributed by atoms with E-state index >= 15 is 0 Å². The van der Waals surface area contributed by atoms with Gasteiger partial charge in [-0.25, -0.2) is 0 Å². The highest BCUT2D eigenvalue weighted by molar-refractivity contribution is 5.32. The average molecular weight is 268 g/mol. The van der Waals surface area contributed by atoms with Gasteiger partial charge in [-0.2, -0.15) is 9.97 Å². The molecule has 0 aromatic carbocycles. The molecule has 1 aliphatic heterocycles. The van der Waals surface area contributed by atoms with Crippen molar-refractivity contribution < 1.29 is 14.6 Å². The van der Waals surface area contributed by atoms with Crippen LogP contribution >= 0.6 is 0 Å². The van der Waals surface area contributed by atoms with Gasteiger partial charge in [0.15, 0.2) is 0 Å². The first-order chi connectivity index (χ1) is 9.04. The topological polar surface area (TPSA) is 80.6 Å². The second-order valence-electron chi connectivity index (χ2n) is 4.95. The molecule has 7 heteroatoms. The maximum atomic E-state index is 10.1. The first-order valence-electron chi connectivity index (χ1n) is 6.35. The number of aromatic nitrogens is 3. The zero-order valence-electron chi connectivity index (χ0n) is 11.6. The Kier molecular flexibility index (Phi) is 4.04. The molecule has 1 fully saturated rings. The lowest BCUT2D eigenvalue weighted by molar-refractivity contribution is 0.0481. The fourth-order valence-corrected chi connectivity index (χ4v) is 2.12. The third kappa shape index (κ3) is 3.44. The normalized spacial score (nSPS) is 23.9. The summed E-state index contributed by atoms with van der Waals surface area (Å²) in [6, 6.07) is 0.468. The minimum absolute atomic E-state index is 0.234. The third-order valence-corrected chi connectivity index (χ3v) is 3.29. The van der Waals surface area contributed by atoms with Gasteiger partial charge in [0.05, 0.1) is 19.8 Å². The number of hydrogen-bond donors (Lipinski definition) is 1. The van der Waals surface area contributed by atoms with Gasteiger partial charge in [0.2, 0.25) is 5.95 Å². The van der Waals surface area contributed by atoms with E-state index in [1.165, 1.54) is 14.2 Å². The Morgan fingerprint density at radius 3 is 2.26 bits per heavy atom. The molecule has 0 spiro atoms. The summed E-state index contributed by atoms with van der Waals surface area (Å²) in [7, 11) is 3.01. The molecule has 1 N–H and O–H groups in total. The van der Waals surface area contributed by atoms with Crippen LogP contribution in [0.3, 0.4) is 0 Å². The molecular formula is C12H20N4O3. The SMILES string of the molecule is COc1nc(OC)nc(N2CCCC(C)(O)CC2)n1. The van der Waals surface area contributed by atoms with E-state index in [-0.39, 0.29) is 12.0 Å². The molecular weight excluding hydrogens is 248 g/mol. The van der Waals surface area contributed by atoms with Crippen molar-refractivity contribution in [3.05, 3.63) is 0 Å². The molecule has 106 valence electrons. The minimum Gasteiger partial charge on any atom is -0.467 e. The highest BCUT2D eigenvalue weighted by atomic mass is 16.5. The molecule has 2 rings (SSSR count). The van der Waals surface area contributed by atoms with Crippen LogP contribution in [0, 0.1) is 0 Å². The Labute approximate surface area is 112 Å². The predicted octanol–water partition coefficient (Wildman–Crippen LogP) is 0.630. The van der Waals surface area contributed by atoms with Crippen LogP contribution in [-0.2, 0) is 0 Å². The van der Waals surface area contributed by atoms with Crippen LogP contribution in [0.4, 0.5) is 5.95 Å². The van der Waals surface area contributed by atoms with Crippen molar-refractivity contribution in [2.45, 2.75) is 31.8 Å². The number of ether oxygens (including phenoxy) is 2. The van der Waals surface area contributed by atoms with Crippen molar-refractivity contribution in [1.82, 2.24) is 15.0 Å². The molecule has 2 heterocycles. The van der Waals surface area contributed by atoms with Gasteiger partial charge in [-0.1, -0.05) is 0 Å². The van der Waals surface area contributed by atoms with Gasteiger partial charge < -0.3 is 19.5 Å². The quantitative estimate of drug-likeness (QED) is 0.861. The van der Waals surface area contributed by atoms with Crippen molar-refractivity contribution in [2.75, 3.05) is 32.2 Å². The molecule has 0 amide bonds. The molecule has 1 aliphatic rings. The van der Waals surface area contributed by atoms with E-state index in [0.29, 0.717) is 18.9 Å². The first kappa shape index (κ1) is 13.8. The van der Waals surface area contributed by atoms with Gasteiger partial charge in [0.25, 0.3) is 0 Å². The van der Waals surface area contributed by atoms with Gasteiger partial charge in [0, 0.05) is 13.1 Å². The highest BCUT2D eigenvalue weighted by Crippen LogP contribution is 2.24. The van der Waals surface area contributed by atoms with E-state index < -0.39 is 5.60 Å². The number of nitrogens with zero attached hydrogens (tertiary/aromatic N) is 4. The van der Waals surface area contributed by atoms with Gasteiger partial charge in [-0.3, -0.25) is 0 Å². The first-order valence-corrected chi connectivity index (χ1v) is 6.35. The smallest absolute Gasteiger partial charge is 0.324 e. The zero-order chi connectivity index (χ0) is 13.9. The average Bonchev–Trinajstić information content (AvgIpc) is 2.59. The molecule has 0 aliphatic carbocycles. The van der Waals surface area contributed by atoms with Crippen molar-refractivity contribution in [3.63, 3.8) is 0 Å². The number of anilines is 1. The predicted molar refractivity (Wildman–Crippen MR) is 69.6 cm³/mol. The lowest BCUT2D eigenvalue weighted by atomic mass is 9.98. The second kappa shape index (κ2) is 5.56. The minimum atomic E-state index is -0.615. The summed E-state index contributed by atoms with van der Waals surface area (Å²) >= 11 is 0. The van der Waals surface area contributed by atoms with E-state index in [1.54, 1.807) is 0 Å². The van der Waals surface area contributed by atoms with Crippen molar-refractivity contribution >= 4 is 5.95 Å². The maximum Gasteiger partial charge on any atom is 0.324 e. The standard InChI is InChI=1S/C12H20N4O3/c1-12(17)5-4-7-16(8-6-12)9-13-10(18-2)15-11(14-9)19-3/h17H,4-8H2,1-3H3. The summed E-state index contributed by atoms with van der Waals surface area (Å²) < 4.78 is 10.1. The summed E-state index contributed by atoms with van der Waals surface area (Å²) in [6.07, 6.45) is 2.36. The fraction of sp³-hybridized carbons (Fsp3) is 0.750. The van der Waals surface area contributed by atoms with Gasteiger partial charge in [-0.05, 0) is 26.2 Å². The molecule has 1 atom stereocenters. The van der Waals surface area contributed by atoms with Crippen LogP contribution in [0.5, 0.6) is 12.0 Å². The summed E-state index contributed by atoms with van der Waals surface area (Å²) in [4.78, 5) is 14.5. The molecule has 1 aromatic rings. The van der Waals surface area contributed by atoms with Crippen LogP contribution in [0.15, 0.2) is 0 Å². The lowest BCUT2D eigenvalue weighted by Crippen LogP contribution is -2.29.